The lowest BCUT2D eigenvalue weighted by Crippen LogP contribution is -2.29. The highest BCUT2D eigenvalue weighted by atomic mass is 32.1. The van der Waals surface area contributed by atoms with E-state index < -0.39 is 23.7 Å². The molecule has 0 saturated carbocycles. The average Bonchev–Trinajstić information content (AvgIpc) is 3.35. The number of amides is 2. The van der Waals surface area contributed by atoms with Crippen molar-refractivity contribution in [3.05, 3.63) is 64.2 Å². The van der Waals surface area contributed by atoms with E-state index in [1.807, 2.05) is 13.8 Å². The molecule has 2 heterocycles. The summed E-state index contributed by atoms with van der Waals surface area (Å²) in [6.07, 6.45) is 2.02. The molecule has 2 amide bonds. The zero-order chi connectivity index (χ0) is 20.1. The van der Waals surface area contributed by atoms with Crippen LogP contribution in [0.2, 0.25) is 0 Å². The van der Waals surface area contributed by atoms with E-state index in [9.17, 15) is 14.0 Å². The van der Waals surface area contributed by atoms with Crippen LogP contribution in [0.3, 0.4) is 0 Å². The van der Waals surface area contributed by atoms with E-state index >= 15 is 0 Å². The number of halogens is 1. The maximum atomic E-state index is 13.7. The molecule has 3 rings (SSSR count). The highest BCUT2D eigenvalue weighted by Gasteiger charge is 2.23. The van der Waals surface area contributed by atoms with Crippen molar-refractivity contribution >= 4 is 28.8 Å². The molecule has 2 N–H and O–H groups in total. The van der Waals surface area contributed by atoms with Gasteiger partial charge in [0.1, 0.15) is 16.5 Å². The van der Waals surface area contributed by atoms with E-state index in [-0.39, 0.29) is 23.1 Å². The maximum absolute atomic E-state index is 13.7. The Labute approximate surface area is 165 Å². The fraction of sp³-hybridized carbons (Fsp3) is 0.263. The van der Waals surface area contributed by atoms with Gasteiger partial charge in [-0.05, 0) is 24.5 Å². The molecule has 1 atom stereocenters. The molecular formula is C19H19FN4O3S. The Bertz CT molecular complexity index is 956. The van der Waals surface area contributed by atoms with E-state index in [1.54, 1.807) is 17.5 Å². The predicted molar refractivity (Wildman–Crippen MR) is 103 cm³/mol. The fourth-order valence-electron chi connectivity index (χ4n) is 2.56. The first kappa shape index (κ1) is 19.7. The van der Waals surface area contributed by atoms with Crippen LogP contribution in [0.5, 0.6) is 0 Å². The summed E-state index contributed by atoms with van der Waals surface area (Å²) >= 11 is 1.26. The number of para-hydroxylation sites is 1. The van der Waals surface area contributed by atoms with Gasteiger partial charge < -0.3 is 15.2 Å². The molecular weight excluding hydrogens is 383 g/mol. The van der Waals surface area contributed by atoms with Crippen LogP contribution in [0.4, 0.5) is 10.1 Å². The largest absolute Gasteiger partial charge is 0.351 e. The number of nitrogens with zero attached hydrogens (tertiary/aromatic N) is 2. The summed E-state index contributed by atoms with van der Waals surface area (Å²) in [5.41, 5.74) is 0.241. The minimum Gasteiger partial charge on any atom is -0.351 e. The van der Waals surface area contributed by atoms with E-state index in [2.05, 4.69) is 20.8 Å². The van der Waals surface area contributed by atoms with E-state index in [0.717, 1.165) is 0 Å². The molecule has 1 aromatic carbocycles. The van der Waals surface area contributed by atoms with Crippen molar-refractivity contribution < 1.29 is 18.5 Å². The third-order valence-electron chi connectivity index (χ3n) is 3.85. The standard InChI is InChI=1S/C19H19FN4O3S/c1-11(2)9-14(23-18(26)16-7-8-21-27-16)19-24-15(10-28-19)17(25)22-13-6-4-3-5-12(13)20/h3-8,10-11,14H,9H2,1-2H3,(H,22,25)(H,23,26)/t14-/m1/s1. The average molecular weight is 402 g/mol. The SMILES string of the molecule is CC(C)C[C@@H](NC(=O)c1ccno1)c1nc(C(=O)Nc2ccccc2F)cs1. The van der Waals surface area contributed by atoms with Crippen molar-refractivity contribution in [3.63, 3.8) is 0 Å². The molecule has 0 spiro atoms. The quantitative estimate of drug-likeness (QED) is 0.622. The number of benzene rings is 1. The molecule has 0 radical (unpaired) electrons. The van der Waals surface area contributed by atoms with E-state index in [1.165, 1.54) is 35.7 Å². The number of carbonyl (C=O) groups excluding carboxylic acids is 2. The van der Waals surface area contributed by atoms with Crippen molar-refractivity contribution in [2.24, 2.45) is 5.92 Å². The summed E-state index contributed by atoms with van der Waals surface area (Å²) in [5.74, 6) is -1.07. The molecule has 0 fully saturated rings. The Kier molecular flexibility index (Phi) is 6.15. The second-order valence-electron chi connectivity index (χ2n) is 6.54. The zero-order valence-corrected chi connectivity index (χ0v) is 16.1. The van der Waals surface area contributed by atoms with Crippen LogP contribution in [-0.4, -0.2) is 22.0 Å². The molecule has 0 bridgehead atoms. The minimum absolute atomic E-state index is 0.0828. The lowest BCUT2D eigenvalue weighted by molar-refractivity contribution is 0.0894. The van der Waals surface area contributed by atoms with Crippen LogP contribution in [-0.2, 0) is 0 Å². The van der Waals surface area contributed by atoms with Gasteiger partial charge in [-0.3, -0.25) is 9.59 Å². The molecule has 28 heavy (non-hydrogen) atoms. The van der Waals surface area contributed by atoms with Gasteiger partial charge >= 0.3 is 0 Å². The first-order valence-corrected chi connectivity index (χ1v) is 9.55. The molecule has 2 aromatic heterocycles. The van der Waals surface area contributed by atoms with Gasteiger partial charge in [0.05, 0.1) is 17.9 Å². The second-order valence-corrected chi connectivity index (χ2v) is 7.43. The van der Waals surface area contributed by atoms with Gasteiger partial charge in [-0.1, -0.05) is 31.1 Å². The van der Waals surface area contributed by atoms with Crippen molar-refractivity contribution in [1.82, 2.24) is 15.5 Å². The van der Waals surface area contributed by atoms with Gasteiger partial charge in [-0.15, -0.1) is 11.3 Å². The number of thiazole rings is 1. The van der Waals surface area contributed by atoms with Crippen LogP contribution in [0.15, 0.2) is 46.4 Å². The number of anilines is 1. The van der Waals surface area contributed by atoms with E-state index in [0.29, 0.717) is 11.4 Å². The third kappa shape index (κ3) is 4.80. The summed E-state index contributed by atoms with van der Waals surface area (Å²) in [7, 11) is 0. The number of aromatic nitrogens is 2. The third-order valence-corrected chi connectivity index (χ3v) is 4.81. The van der Waals surface area contributed by atoms with Crippen molar-refractivity contribution in [2.75, 3.05) is 5.32 Å². The molecule has 0 aliphatic heterocycles. The van der Waals surface area contributed by atoms with Crippen LogP contribution >= 0.6 is 11.3 Å². The Morgan fingerprint density at radius 3 is 2.68 bits per heavy atom. The van der Waals surface area contributed by atoms with Gasteiger partial charge in [0, 0.05) is 11.4 Å². The minimum atomic E-state index is -0.525. The molecule has 0 saturated heterocycles. The molecule has 0 aliphatic rings. The Balaban J connectivity index is 1.75. The first-order valence-electron chi connectivity index (χ1n) is 8.67. The Hall–Kier alpha value is -3.07. The van der Waals surface area contributed by atoms with Gasteiger partial charge in [-0.25, -0.2) is 9.37 Å². The summed E-state index contributed by atoms with van der Waals surface area (Å²) in [5, 5.41) is 11.1. The Morgan fingerprint density at radius 2 is 2.00 bits per heavy atom. The van der Waals surface area contributed by atoms with Gasteiger partial charge in [0.15, 0.2) is 0 Å². The summed E-state index contributed by atoms with van der Waals surface area (Å²) < 4.78 is 18.6. The van der Waals surface area contributed by atoms with E-state index in [4.69, 9.17) is 4.52 Å². The lowest BCUT2D eigenvalue weighted by atomic mass is 10.0. The predicted octanol–water partition coefficient (Wildman–Crippen LogP) is 4.04. The highest BCUT2D eigenvalue weighted by Crippen LogP contribution is 2.26. The molecule has 0 aliphatic carbocycles. The summed E-state index contributed by atoms with van der Waals surface area (Å²) in [4.78, 5) is 29.0. The van der Waals surface area contributed by atoms with Crippen LogP contribution in [0, 0.1) is 11.7 Å². The molecule has 3 aromatic rings. The number of hydrogen-bond donors (Lipinski definition) is 2. The lowest BCUT2D eigenvalue weighted by Gasteiger charge is -2.17. The Morgan fingerprint density at radius 1 is 1.21 bits per heavy atom. The van der Waals surface area contributed by atoms with Crippen LogP contribution in [0.1, 0.15) is 52.4 Å². The number of nitrogens with one attached hydrogen (secondary N) is 2. The fourth-order valence-corrected chi connectivity index (χ4v) is 3.42. The monoisotopic (exact) mass is 402 g/mol. The normalized spacial score (nSPS) is 12.0. The van der Waals surface area contributed by atoms with Gasteiger partial charge in [0.25, 0.3) is 11.8 Å². The zero-order valence-electron chi connectivity index (χ0n) is 15.3. The summed E-state index contributed by atoms with van der Waals surface area (Å²) in [6.45, 7) is 4.04. The highest BCUT2D eigenvalue weighted by molar-refractivity contribution is 7.10. The van der Waals surface area contributed by atoms with Crippen molar-refractivity contribution in [3.8, 4) is 0 Å². The van der Waals surface area contributed by atoms with Crippen molar-refractivity contribution in [2.45, 2.75) is 26.3 Å². The first-order chi connectivity index (χ1) is 13.4. The van der Waals surface area contributed by atoms with Gasteiger partial charge in [0.2, 0.25) is 5.76 Å². The number of hydrogen-bond acceptors (Lipinski definition) is 6. The topological polar surface area (TPSA) is 97.1 Å². The molecule has 0 unspecified atom stereocenters. The van der Waals surface area contributed by atoms with Crippen LogP contribution < -0.4 is 10.6 Å². The molecule has 7 nitrogen and oxygen atoms in total. The smallest absolute Gasteiger partial charge is 0.290 e. The molecule has 9 heteroatoms. The van der Waals surface area contributed by atoms with Crippen LogP contribution in [0.25, 0.3) is 0 Å². The number of rotatable bonds is 7. The number of carbonyl (C=O) groups is 2. The summed E-state index contributed by atoms with van der Waals surface area (Å²) in [6, 6.07) is 6.98. The van der Waals surface area contributed by atoms with Crippen molar-refractivity contribution in [1.29, 1.82) is 0 Å². The second kappa shape index (κ2) is 8.75. The maximum Gasteiger partial charge on any atom is 0.290 e. The van der Waals surface area contributed by atoms with Gasteiger partial charge in [-0.2, -0.15) is 0 Å². The molecule has 146 valence electrons.